The first kappa shape index (κ1) is 25.2. The molecule has 0 atom stereocenters. The molecule has 0 unspecified atom stereocenters. The molecular weight excluding hydrogens is 400 g/mol. The number of para-hydroxylation sites is 2. The van der Waals surface area contributed by atoms with Crippen LogP contribution in [0.25, 0.3) is 11.1 Å². The molecule has 0 aliphatic rings. The maximum absolute atomic E-state index is 13.0. The van der Waals surface area contributed by atoms with E-state index in [1.807, 2.05) is 114 Å². The molecule has 0 radical (unpaired) electrons. The Labute approximate surface area is 193 Å². The lowest BCUT2D eigenvalue weighted by Crippen LogP contribution is -2.44. The minimum Gasteiger partial charge on any atom is -0.320 e. The molecule has 2 N–H and O–H groups in total. The topological polar surface area (TPSA) is 64.7 Å². The van der Waals surface area contributed by atoms with Crippen molar-refractivity contribution in [3.05, 3.63) is 48.5 Å². The van der Waals surface area contributed by atoms with E-state index < -0.39 is 0 Å². The molecule has 0 saturated carbocycles. The predicted molar refractivity (Wildman–Crippen MR) is 134 cm³/mol. The summed E-state index contributed by atoms with van der Waals surface area (Å²) in [7, 11) is 0. The van der Waals surface area contributed by atoms with Crippen molar-refractivity contribution < 1.29 is 9.59 Å². The van der Waals surface area contributed by atoms with Gasteiger partial charge in [-0.1, -0.05) is 36.4 Å². The number of urea groups is 2. The summed E-state index contributed by atoms with van der Waals surface area (Å²) in [6, 6.07) is 15.4. The number of anilines is 2. The highest BCUT2D eigenvalue weighted by atomic mass is 16.2. The Hall–Kier alpha value is -3.02. The predicted octanol–water partition coefficient (Wildman–Crippen LogP) is 6.66. The first-order valence-corrected chi connectivity index (χ1v) is 11.4. The molecule has 6 nitrogen and oxygen atoms in total. The van der Waals surface area contributed by atoms with Gasteiger partial charge in [0.15, 0.2) is 0 Å². The van der Waals surface area contributed by atoms with Crippen LogP contribution < -0.4 is 10.6 Å². The van der Waals surface area contributed by atoms with Gasteiger partial charge in [0, 0.05) is 35.3 Å². The Kier molecular flexibility index (Phi) is 8.70. The molecule has 0 heterocycles. The zero-order chi connectivity index (χ0) is 24.0. The Morgan fingerprint density at radius 3 is 1.12 bits per heavy atom. The zero-order valence-corrected chi connectivity index (χ0v) is 20.6. The highest BCUT2D eigenvalue weighted by Gasteiger charge is 2.23. The fraction of sp³-hybridized carbons (Fsp3) is 0.462. The first-order chi connectivity index (χ1) is 15.0. The van der Waals surface area contributed by atoms with E-state index in [-0.39, 0.29) is 36.2 Å². The summed E-state index contributed by atoms with van der Waals surface area (Å²) in [5.41, 5.74) is 3.11. The van der Waals surface area contributed by atoms with Crippen molar-refractivity contribution in [1.29, 1.82) is 0 Å². The van der Waals surface area contributed by atoms with Crippen LogP contribution >= 0.6 is 0 Å². The summed E-state index contributed by atoms with van der Waals surface area (Å²) in [6.45, 7) is 16.0. The summed E-state index contributed by atoms with van der Waals surface area (Å²) < 4.78 is 0. The van der Waals surface area contributed by atoms with Gasteiger partial charge in [-0.3, -0.25) is 0 Å². The molecular formula is C26H38N4O2. The second-order valence-electron chi connectivity index (χ2n) is 9.14. The number of benzene rings is 2. The Bertz CT molecular complexity index is 830. The standard InChI is InChI=1S/C26H38N4O2/c1-17(2)29(18(3)4)25(31)27-23-15-11-9-13-21(23)22-14-10-12-16-24(22)28-26(32)30(19(5)6)20(7)8/h9-20H,1-8H3,(H,27,31)(H,28,32). The first-order valence-electron chi connectivity index (χ1n) is 11.4. The minimum atomic E-state index is -0.144. The number of amides is 4. The fourth-order valence-corrected chi connectivity index (χ4v) is 4.14. The third-order valence-corrected chi connectivity index (χ3v) is 5.32. The van der Waals surface area contributed by atoms with Crippen LogP contribution in [0.1, 0.15) is 55.4 Å². The third kappa shape index (κ3) is 6.02. The monoisotopic (exact) mass is 438 g/mol. The summed E-state index contributed by atoms with van der Waals surface area (Å²) >= 11 is 0. The largest absolute Gasteiger partial charge is 0.322 e. The van der Waals surface area contributed by atoms with E-state index in [9.17, 15) is 9.59 Å². The lowest BCUT2D eigenvalue weighted by Gasteiger charge is -2.31. The molecule has 0 saturated heterocycles. The van der Waals surface area contributed by atoms with E-state index in [1.165, 1.54) is 0 Å². The average Bonchev–Trinajstić information content (AvgIpc) is 2.67. The normalized spacial score (nSPS) is 11.2. The molecule has 0 spiro atoms. The molecule has 0 aliphatic heterocycles. The van der Waals surface area contributed by atoms with Gasteiger partial charge >= 0.3 is 12.1 Å². The van der Waals surface area contributed by atoms with E-state index in [2.05, 4.69) is 10.6 Å². The minimum absolute atomic E-state index is 0.0757. The second-order valence-corrected chi connectivity index (χ2v) is 9.14. The molecule has 2 aromatic rings. The number of hydrogen-bond acceptors (Lipinski definition) is 2. The van der Waals surface area contributed by atoms with E-state index >= 15 is 0 Å². The van der Waals surface area contributed by atoms with Gasteiger partial charge in [0.05, 0.1) is 11.4 Å². The maximum Gasteiger partial charge on any atom is 0.322 e. The van der Waals surface area contributed by atoms with Crippen molar-refractivity contribution in [2.75, 3.05) is 10.6 Å². The van der Waals surface area contributed by atoms with Crippen LogP contribution in [0.3, 0.4) is 0 Å². The number of hydrogen-bond donors (Lipinski definition) is 2. The van der Waals surface area contributed by atoms with Gasteiger partial charge in [-0.05, 0) is 67.5 Å². The van der Waals surface area contributed by atoms with E-state index in [4.69, 9.17) is 0 Å². The van der Waals surface area contributed by atoms with Crippen molar-refractivity contribution in [2.45, 2.75) is 79.6 Å². The van der Waals surface area contributed by atoms with Crippen LogP contribution in [0.5, 0.6) is 0 Å². The molecule has 0 aromatic heterocycles. The molecule has 4 amide bonds. The van der Waals surface area contributed by atoms with Gasteiger partial charge in [0.2, 0.25) is 0 Å². The molecule has 2 aromatic carbocycles. The van der Waals surface area contributed by atoms with Crippen molar-refractivity contribution in [1.82, 2.24) is 9.80 Å². The molecule has 2 rings (SSSR count). The van der Waals surface area contributed by atoms with Gasteiger partial charge in [-0.15, -0.1) is 0 Å². The van der Waals surface area contributed by atoms with Gasteiger partial charge in [-0.2, -0.15) is 0 Å². The Balaban J connectivity index is 2.41. The van der Waals surface area contributed by atoms with Crippen LogP contribution in [0, 0.1) is 0 Å². The SMILES string of the molecule is CC(C)N(C(=O)Nc1ccccc1-c1ccccc1NC(=O)N(C(C)C)C(C)C)C(C)C. The lowest BCUT2D eigenvalue weighted by molar-refractivity contribution is 0.177. The zero-order valence-electron chi connectivity index (χ0n) is 20.6. The van der Waals surface area contributed by atoms with Gasteiger partial charge in [0.1, 0.15) is 0 Å². The molecule has 0 aliphatic carbocycles. The second kappa shape index (κ2) is 11.0. The van der Waals surface area contributed by atoms with Crippen LogP contribution in [0.4, 0.5) is 21.0 Å². The summed E-state index contributed by atoms with van der Waals surface area (Å²) in [5, 5.41) is 6.15. The van der Waals surface area contributed by atoms with Crippen LogP contribution in [0.15, 0.2) is 48.5 Å². The van der Waals surface area contributed by atoms with E-state index in [0.29, 0.717) is 11.4 Å². The summed E-state index contributed by atoms with van der Waals surface area (Å²) in [5.74, 6) is 0. The van der Waals surface area contributed by atoms with Gasteiger partial charge in [-0.25, -0.2) is 9.59 Å². The fourth-order valence-electron chi connectivity index (χ4n) is 4.14. The highest BCUT2D eigenvalue weighted by Crippen LogP contribution is 2.34. The summed E-state index contributed by atoms with van der Waals surface area (Å²) in [4.78, 5) is 29.7. The van der Waals surface area contributed by atoms with Gasteiger partial charge in [0.25, 0.3) is 0 Å². The quantitative estimate of drug-likeness (QED) is 0.508. The number of carbonyl (C=O) groups is 2. The smallest absolute Gasteiger partial charge is 0.320 e. The number of carbonyl (C=O) groups excluding carboxylic acids is 2. The molecule has 174 valence electrons. The third-order valence-electron chi connectivity index (χ3n) is 5.32. The molecule has 32 heavy (non-hydrogen) atoms. The van der Waals surface area contributed by atoms with Crippen molar-refractivity contribution in [3.8, 4) is 11.1 Å². The number of nitrogens with one attached hydrogen (secondary N) is 2. The van der Waals surface area contributed by atoms with Crippen LogP contribution in [0.2, 0.25) is 0 Å². The summed E-state index contributed by atoms with van der Waals surface area (Å²) in [6.07, 6.45) is 0. The Morgan fingerprint density at radius 1 is 0.562 bits per heavy atom. The number of nitrogens with zero attached hydrogens (tertiary/aromatic N) is 2. The average molecular weight is 439 g/mol. The maximum atomic E-state index is 13.0. The van der Waals surface area contributed by atoms with E-state index in [0.717, 1.165) is 11.1 Å². The molecule has 6 heteroatoms. The number of rotatable bonds is 7. The van der Waals surface area contributed by atoms with Crippen molar-refractivity contribution in [3.63, 3.8) is 0 Å². The molecule has 0 fully saturated rings. The van der Waals surface area contributed by atoms with Crippen LogP contribution in [-0.4, -0.2) is 46.0 Å². The van der Waals surface area contributed by atoms with Gasteiger partial charge < -0.3 is 20.4 Å². The van der Waals surface area contributed by atoms with E-state index in [1.54, 1.807) is 0 Å². The molecule has 0 bridgehead atoms. The van der Waals surface area contributed by atoms with Crippen molar-refractivity contribution in [2.24, 2.45) is 0 Å². The lowest BCUT2D eigenvalue weighted by atomic mass is 10.0. The highest BCUT2D eigenvalue weighted by molar-refractivity contribution is 6.00. The van der Waals surface area contributed by atoms with Crippen LogP contribution in [-0.2, 0) is 0 Å². The Morgan fingerprint density at radius 2 is 0.844 bits per heavy atom. The van der Waals surface area contributed by atoms with Crippen molar-refractivity contribution >= 4 is 23.4 Å².